The van der Waals surface area contributed by atoms with Crippen LogP contribution in [0.2, 0.25) is 15.1 Å². The van der Waals surface area contributed by atoms with E-state index in [0.29, 0.717) is 15.1 Å². The van der Waals surface area contributed by atoms with Crippen LogP contribution in [0.3, 0.4) is 0 Å². The molecule has 1 atom stereocenters. The minimum absolute atomic E-state index is 0.0473. The average Bonchev–Trinajstić information content (AvgIpc) is 2.41. The summed E-state index contributed by atoms with van der Waals surface area (Å²) in [6, 6.07) is 7.59. The van der Waals surface area contributed by atoms with Gasteiger partial charge in [-0.2, -0.15) is 0 Å². The van der Waals surface area contributed by atoms with Gasteiger partial charge in [-0.25, -0.2) is 0 Å². The Morgan fingerprint density at radius 2 is 1.95 bits per heavy atom. The van der Waals surface area contributed by atoms with Crippen LogP contribution in [-0.2, 0) is 6.42 Å². The molecule has 0 aliphatic rings. The fourth-order valence-corrected chi connectivity index (χ4v) is 2.58. The fraction of sp³-hybridized carbons (Fsp3) is 0.214. The van der Waals surface area contributed by atoms with Gasteiger partial charge in [0.2, 0.25) is 0 Å². The number of rotatable bonds is 4. The van der Waals surface area contributed by atoms with Crippen LogP contribution in [0.25, 0.3) is 0 Å². The van der Waals surface area contributed by atoms with Crippen LogP contribution in [-0.4, -0.2) is 12.0 Å². The van der Waals surface area contributed by atoms with Crippen molar-refractivity contribution in [1.29, 1.82) is 0 Å². The van der Waals surface area contributed by atoms with Gasteiger partial charge >= 0.3 is 0 Å². The summed E-state index contributed by atoms with van der Waals surface area (Å²) < 4.78 is 0. The van der Waals surface area contributed by atoms with Crippen LogP contribution < -0.4 is 5.32 Å². The number of likely N-dealkylation sites (N-methyl/N-ethyl adjacent to an activating group) is 1. The molecule has 5 heteroatoms. The molecule has 0 aliphatic carbocycles. The molecule has 100 valence electrons. The molecule has 2 rings (SSSR count). The predicted molar refractivity (Wildman–Crippen MR) is 81.2 cm³/mol. The second-order valence-electron chi connectivity index (χ2n) is 4.16. The molecule has 0 saturated carbocycles. The molecule has 0 amide bonds. The van der Waals surface area contributed by atoms with Crippen LogP contribution in [0.15, 0.2) is 36.7 Å². The lowest BCUT2D eigenvalue weighted by Crippen LogP contribution is -2.19. The summed E-state index contributed by atoms with van der Waals surface area (Å²) in [4.78, 5) is 3.98. The highest BCUT2D eigenvalue weighted by molar-refractivity contribution is 6.42. The van der Waals surface area contributed by atoms with Gasteiger partial charge in [0.15, 0.2) is 0 Å². The number of hydrogen-bond donors (Lipinski definition) is 1. The van der Waals surface area contributed by atoms with Gasteiger partial charge in [-0.05, 0) is 36.7 Å². The Morgan fingerprint density at radius 3 is 2.63 bits per heavy atom. The van der Waals surface area contributed by atoms with Crippen LogP contribution in [0, 0.1) is 0 Å². The Balaban J connectivity index is 2.31. The topological polar surface area (TPSA) is 24.9 Å². The van der Waals surface area contributed by atoms with Crippen molar-refractivity contribution in [3.8, 4) is 0 Å². The highest BCUT2D eigenvalue weighted by Crippen LogP contribution is 2.32. The highest BCUT2D eigenvalue weighted by Gasteiger charge is 2.16. The lowest BCUT2D eigenvalue weighted by molar-refractivity contribution is 0.592. The van der Waals surface area contributed by atoms with Crippen molar-refractivity contribution < 1.29 is 0 Å². The second-order valence-corrected chi connectivity index (χ2v) is 5.35. The normalized spacial score (nSPS) is 12.4. The van der Waals surface area contributed by atoms with Crippen molar-refractivity contribution in [2.45, 2.75) is 12.5 Å². The molecule has 1 N–H and O–H groups in total. The molecule has 1 aromatic carbocycles. The summed E-state index contributed by atoms with van der Waals surface area (Å²) in [6.07, 6.45) is 4.09. The first-order chi connectivity index (χ1) is 9.13. The van der Waals surface area contributed by atoms with Gasteiger partial charge in [-0.1, -0.05) is 46.9 Å². The van der Waals surface area contributed by atoms with Crippen molar-refractivity contribution in [1.82, 2.24) is 10.3 Å². The van der Waals surface area contributed by atoms with Gasteiger partial charge in [0.25, 0.3) is 0 Å². The lowest BCUT2D eigenvalue weighted by atomic mass is 9.99. The van der Waals surface area contributed by atoms with E-state index < -0.39 is 0 Å². The molecule has 0 spiro atoms. The Labute approximate surface area is 127 Å². The minimum Gasteiger partial charge on any atom is -0.313 e. The molecule has 0 radical (unpaired) electrons. The molecule has 0 fully saturated rings. The van der Waals surface area contributed by atoms with Crippen molar-refractivity contribution in [2.75, 3.05) is 7.05 Å². The maximum absolute atomic E-state index is 6.26. The zero-order valence-corrected chi connectivity index (χ0v) is 12.6. The van der Waals surface area contributed by atoms with E-state index in [1.54, 1.807) is 18.5 Å². The number of aromatic nitrogens is 1. The molecule has 0 saturated heterocycles. The maximum atomic E-state index is 6.26. The quantitative estimate of drug-likeness (QED) is 0.895. The number of hydrogen-bond acceptors (Lipinski definition) is 2. The molecule has 1 heterocycles. The number of pyridine rings is 1. The molecule has 0 bridgehead atoms. The summed E-state index contributed by atoms with van der Waals surface area (Å²) in [5, 5.41) is 5.03. The van der Waals surface area contributed by atoms with E-state index in [1.165, 1.54) is 0 Å². The van der Waals surface area contributed by atoms with Gasteiger partial charge in [-0.15, -0.1) is 0 Å². The van der Waals surface area contributed by atoms with Gasteiger partial charge in [0, 0.05) is 18.4 Å². The lowest BCUT2D eigenvalue weighted by Gasteiger charge is -2.19. The zero-order chi connectivity index (χ0) is 13.8. The van der Waals surface area contributed by atoms with E-state index in [2.05, 4.69) is 10.3 Å². The number of halogens is 3. The first-order valence-corrected chi connectivity index (χ1v) is 6.96. The molecule has 1 unspecified atom stereocenters. The van der Waals surface area contributed by atoms with E-state index in [-0.39, 0.29) is 6.04 Å². The maximum Gasteiger partial charge on any atom is 0.0640 e. The van der Waals surface area contributed by atoms with Gasteiger partial charge in [-0.3, -0.25) is 4.98 Å². The average molecular weight is 316 g/mol. The van der Waals surface area contributed by atoms with Gasteiger partial charge in [0.05, 0.1) is 15.1 Å². The van der Waals surface area contributed by atoms with Crippen LogP contribution in [0.5, 0.6) is 0 Å². The molecule has 1 aromatic heterocycles. The second kappa shape index (κ2) is 6.58. The molecular weight excluding hydrogens is 303 g/mol. The van der Waals surface area contributed by atoms with Crippen LogP contribution in [0.4, 0.5) is 0 Å². The first kappa shape index (κ1) is 14.6. The Bertz CT molecular complexity index is 572. The Kier molecular flexibility index (Phi) is 5.06. The molecule has 2 aromatic rings. The van der Waals surface area contributed by atoms with Crippen molar-refractivity contribution >= 4 is 34.8 Å². The number of nitrogens with one attached hydrogen (secondary N) is 1. The van der Waals surface area contributed by atoms with Gasteiger partial charge < -0.3 is 5.32 Å². The summed E-state index contributed by atoms with van der Waals surface area (Å²) in [7, 11) is 1.89. The first-order valence-electron chi connectivity index (χ1n) is 5.83. The number of benzene rings is 1. The van der Waals surface area contributed by atoms with Crippen LogP contribution in [0.1, 0.15) is 17.2 Å². The monoisotopic (exact) mass is 314 g/mol. The van der Waals surface area contributed by atoms with E-state index in [9.17, 15) is 0 Å². The van der Waals surface area contributed by atoms with Crippen molar-refractivity contribution in [2.24, 2.45) is 0 Å². The predicted octanol–water partition coefficient (Wildman–Crippen LogP) is 4.55. The minimum atomic E-state index is 0.0473. The summed E-state index contributed by atoms with van der Waals surface area (Å²) >= 11 is 18.4. The molecule has 0 aliphatic heterocycles. The standard InChI is InChI=1S/C14H13Cl3N2/c1-18-13(7-9-5-6-19-8-12(9)16)10-3-2-4-11(15)14(10)17/h2-6,8,13,18H,7H2,1H3. The SMILES string of the molecule is CNC(Cc1ccncc1Cl)c1cccc(Cl)c1Cl. The smallest absolute Gasteiger partial charge is 0.0640 e. The van der Waals surface area contributed by atoms with Crippen LogP contribution >= 0.6 is 34.8 Å². The summed E-state index contributed by atoms with van der Waals surface area (Å²) in [5.74, 6) is 0. The highest BCUT2D eigenvalue weighted by atomic mass is 35.5. The van der Waals surface area contributed by atoms with E-state index in [4.69, 9.17) is 34.8 Å². The summed E-state index contributed by atoms with van der Waals surface area (Å²) in [5.41, 5.74) is 1.98. The fourth-order valence-electron chi connectivity index (χ4n) is 1.95. The van der Waals surface area contributed by atoms with E-state index in [1.807, 2.05) is 25.2 Å². The third kappa shape index (κ3) is 3.40. The third-order valence-corrected chi connectivity index (χ3v) is 4.16. The Hall–Kier alpha value is -0.800. The Morgan fingerprint density at radius 1 is 1.16 bits per heavy atom. The van der Waals surface area contributed by atoms with E-state index >= 15 is 0 Å². The summed E-state index contributed by atoms with van der Waals surface area (Å²) in [6.45, 7) is 0. The molecule has 19 heavy (non-hydrogen) atoms. The zero-order valence-electron chi connectivity index (χ0n) is 10.3. The van der Waals surface area contributed by atoms with E-state index in [0.717, 1.165) is 17.5 Å². The van der Waals surface area contributed by atoms with Crippen molar-refractivity contribution in [3.63, 3.8) is 0 Å². The number of nitrogens with zero attached hydrogens (tertiary/aromatic N) is 1. The van der Waals surface area contributed by atoms with Crippen molar-refractivity contribution in [3.05, 3.63) is 62.9 Å². The van der Waals surface area contributed by atoms with Gasteiger partial charge in [0.1, 0.15) is 0 Å². The third-order valence-electron chi connectivity index (χ3n) is 2.99. The molecular formula is C14H13Cl3N2. The largest absolute Gasteiger partial charge is 0.313 e. The molecule has 2 nitrogen and oxygen atoms in total.